The summed E-state index contributed by atoms with van der Waals surface area (Å²) < 4.78 is 1.86. The minimum atomic E-state index is -0.466. The fraction of sp³-hybridized carbons (Fsp3) is 0.160. The van der Waals surface area contributed by atoms with Crippen LogP contribution >= 0.6 is 23.4 Å². The Hall–Kier alpha value is -3.29. The van der Waals surface area contributed by atoms with Gasteiger partial charge in [0.2, 0.25) is 11.1 Å². The van der Waals surface area contributed by atoms with Crippen LogP contribution < -0.4 is 10.7 Å². The monoisotopic (exact) mass is 475 g/mol. The standard InChI is InChI=1S/C25H22ClN5OS/c1-15-7-6-10-20(16(15)2)27-24(32)22-21(17-11-13-19(26)14-12-17)30-31-23(28-29-25(31)33-22)18-8-4-3-5-9-18/h3-14,21-22,30H,1-2H3,(H,27,32)/t21-,22+/m0/s1. The maximum Gasteiger partial charge on any atom is 0.240 e. The molecule has 2 N–H and O–H groups in total. The van der Waals surface area contributed by atoms with Crippen molar-refractivity contribution in [1.82, 2.24) is 14.9 Å². The van der Waals surface area contributed by atoms with E-state index in [1.54, 1.807) is 0 Å². The van der Waals surface area contributed by atoms with Crippen LogP contribution in [0.1, 0.15) is 22.7 Å². The molecule has 5 rings (SSSR count). The van der Waals surface area contributed by atoms with E-state index in [1.165, 1.54) is 11.8 Å². The Kier molecular flexibility index (Phi) is 5.83. The number of thioether (sulfide) groups is 1. The van der Waals surface area contributed by atoms with Gasteiger partial charge < -0.3 is 10.7 Å². The molecule has 166 valence electrons. The first-order chi connectivity index (χ1) is 16.0. The van der Waals surface area contributed by atoms with Crippen LogP contribution in [0.3, 0.4) is 0 Å². The van der Waals surface area contributed by atoms with Gasteiger partial charge in [-0.15, -0.1) is 10.2 Å². The predicted molar refractivity (Wildman–Crippen MR) is 133 cm³/mol. The van der Waals surface area contributed by atoms with Crippen molar-refractivity contribution in [1.29, 1.82) is 0 Å². The molecule has 1 aromatic heterocycles. The lowest BCUT2D eigenvalue weighted by Crippen LogP contribution is -2.41. The Balaban J connectivity index is 1.52. The highest BCUT2D eigenvalue weighted by Gasteiger charge is 2.38. The number of aromatic nitrogens is 3. The third-order valence-electron chi connectivity index (χ3n) is 5.82. The molecule has 2 heterocycles. The molecule has 0 spiro atoms. The van der Waals surface area contributed by atoms with Gasteiger partial charge in [0.25, 0.3) is 0 Å². The number of hydrogen-bond donors (Lipinski definition) is 2. The number of benzene rings is 3. The van der Waals surface area contributed by atoms with Crippen molar-refractivity contribution in [3.05, 3.63) is 94.5 Å². The zero-order valence-electron chi connectivity index (χ0n) is 18.1. The molecule has 0 fully saturated rings. The first-order valence-corrected chi connectivity index (χ1v) is 11.8. The molecule has 8 heteroatoms. The molecule has 3 aromatic carbocycles. The van der Waals surface area contributed by atoms with E-state index in [0.717, 1.165) is 27.9 Å². The van der Waals surface area contributed by atoms with Gasteiger partial charge >= 0.3 is 0 Å². The molecule has 0 unspecified atom stereocenters. The number of anilines is 1. The number of nitrogens with zero attached hydrogens (tertiary/aromatic N) is 3. The van der Waals surface area contributed by atoms with Crippen LogP contribution in [0, 0.1) is 13.8 Å². The molecule has 1 amide bonds. The highest BCUT2D eigenvalue weighted by atomic mass is 35.5. The lowest BCUT2D eigenvalue weighted by atomic mass is 10.0. The van der Waals surface area contributed by atoms with Crippen LogP contribution in [-0.4, -0.2) is 26.0 Å². The first-order valence-electron chi connectivity index (χ1n) is 10.6. The third kappa shape index (κ3) is 4.21. The van der Waals surface area contributed by atoms with Crippen molar-refractivity contribution >= 4 is 35.0 Å². The molecule has 4 aromatic rings. The second-order valence-electron chi connectivity index (χ2n) is 7.94. The molecule has 33 heavy (non-hydrogen) atoms. The Morgan fingerprint density at radius 1 is 1.00 bits per heavy atom. The van der Waals surface area contributed by atoms with Crippen molar-refractivity contribution in [3.8, 4) is 11.4 Å². The molecule has 2 atom stereocenters. The van der Waals surface area contributed by atoms with Crippen molar-refractivity contribution in [3.63, 3.8) is 0 Å². The summed E-state index contributed by atoms with van der Waals surface area (Å²) >= 11 is 7.53. The maximum absolute atomic E-state index is 13.5. The molecule has 0 aliphatic carbocycles. The minimum absolute atomic E-state index is 0.100. The fourth-order valence-electron chi connectivity index (χ4n) is 3.84. The van der Waals surface area contributed by atoms with Crippen LogP contribution in [0.5, 0.6) is 0 Å². The molecule has 1 aliphatic rings. The minimum Gasteiger partial charge on any atom is -0.325 e. The number of aryl methyl sites for hydroxylation is 1. The maximum atomic E-state index is 13.5. The van der Waals surface area contributed by atoms with E-state index in [9.17, 15) is 4.79 Å². The normalized spacial score (nSPS) is 17.2. The second-order valence-corrected chi connectivity index (χ2v) is 9.49. The smallest absolute Gasteiger partial charge is 0.240 e. The number of halogens is 1. The van der Waals surface area contributed by atoms with Gasteiger partial charge in [0.1, 0.15) is 5.25 Å². The molecule has 0 saturated heterocycles. The van der Waals surface area contributed by atoms with Gasteiger partial charge in [0.05, 0.1) is 6.04 Å². The van der Waals surface area contributed by atoms with Gasteiger partial charge in [-0.25, -0.2) is 4.68 Å². The van der Waals surface area contributed by atoms with E-state index >= 15 is 0 Å². The van der Waals surface area contributed by atoms with Gasteiger partial charge in [-0.05, 0) is 48.7 Å². The van der Waals surface area contributed by atoms with Gasteiger partial charge in [-0.3, -0.25) is 4.79 Å². The summed E-state index contributed by atoms with van der Waals surface area (Å²) in [6.07, 6.45) is 0. The predicted octanol–water partition coefficient (Wildman–Crippen LogP) is 5.61. The summed E-state index contributed by atoms with van der Waals surface area (Å²) in [5.41, 5.74) is 8.38. The highest BCUT2D eigenvalue weighted by Crippen LogP contribution is 2.39. The second kappa shape index (κ2) is 8.92. The van der Waals surface area contributed by atoms with Crippen LogP contribution in [-0.2, 0) is 4.79 Å². The summed E-state index contributed by atoms with van der Waals surface area (Å²) in [4.78, 5) is 13.5. The molecular weight excluding hydrogens is 454 g/mol. The third-order valence-corrected chi connectivity index (χ3v) is 7.29. The zero-order chi connectivity index (χ0) is 22.9. The summed E-state index contributed by atoms with van der Waals surface area (Å²) in [6.45, 7) is 4.04. The van der Waals surface area contributed by atoms with Crippen molar-refractivity contribution < 1.29 is 4.79 Å². The van der Waals surface area contributed by atoms with E-state index in [2.05, 4.69) is 20.9 Å². The van der Waals surface area contributed by atoms with Crippen molar-refractivity contribution in [2.75, 3.05) is 10.7 Å². The Morgan fingerprint density at radius 3 is 2.52 bits per heavy atom. The van der Waals surface area contributed by atoms with Crippen LogP contribution in [0.2, 0.25) is 5.02 Å². The number of rotatable bonds is 4. The number of carbonyl (C=O) groups is 1. The quantitative estimate of drug-likeness (QED) is 0.401. The largest absolute Gasteiger partial charge is 0.325 e. The van der Waals surface area contributed by atoms with Crippen molar-refractivity contribution in [2.45, 2.75) is 30.3 Å². The highest BCUT2D eigenvalue weighted by molar-refractivity contribution is 8.00. The molecule has 6 nitrogen and oxygen atoms in total. The van der Waals surface area contributed by atoms with Gasteiger partial charge in [-0.1, -0.05) is 78.0 Å². The van der Waals surface area contributed by atoms with E-state index in [-0.39, 0.29) is 11.9 Å². The van der Waals surface area contributed by atoms with Gasteiger partial charge in [0, 0.05) is 16.3 Å². The SMILES string of the molecule is Cc1cccc(NC(=O)[C@@H]2Sc3nnc(-c4ccccc4)n3N[C@H]2c2ccc(Cl)cc2)c1C. The molecule has 0 radical (unpaired) electrons. The van der Waals surface area contributed by atoms with Crippen LogP contribution in [0.4, 0.5) is 5.69 Å². The Morgan fingerprint density at radius 2 is 1.76 bits per heavy atom. The van der Waals surface area contributed by atoms with E-state index < -0.39 is 5.25 Å². The first kappa shape index (κ1) is 21.6. The summed E-state index contributed by atoms with van der Waals surface area (Å²) in [7, 11) is 0. The molecule has 1 aliphatic heterocycles. The molecular formula is C25H22ClN5OS. The summed E-state index contributed by atoms with van der Waals surface area (Å²) in [6, 6.07) is 23.0. The van der Waals surface area contributed by atoms with Crippen LogP contribution in [0.25, 0.3) is 11.4 Å². The summed E-state index contributed by atoms with van der Waals surface area (Å²) in [5, 5.41) is 12.7. The summed E-state index contributed by atoms with van der Waals surface area (Å²) in [5.74, 6) is 0.599. The molecule has 0 bridgehead atoms. The number of amides is 1. The number of carbonyl (C=O) groups excluding carboxylic acids is 1. The molecule has 0 saturated carbocycles. The number of fused-ring (bicyclic) bond motifs is 1. The van der Waals surface area contributed by atoms with E-state index in [1.807, 2.05) is 91.3 Å². The average molecular weight is 476 g/mol. The van der Waals surface area contributed by atoms with Crippen LogP contribution in [0.15, 0.2) is 78.0 Å². The lowest BCUT2D eigenvalue weighted by molar-refractivity contribution is -0.116. The zero-order valence-corrected chi connectivity index (χ0v) is 19.7. The average Bonchev–Trinajstić information content (AvgIpc) is 3.25. The van der Waals surface area contributed by atoms with Gasteiger partial charge in [-0.2, -0.15) is 0 Å². The number of hydrogen-bond acceptors (Lipinski definition) is 5. The lowest BCUT2D eigenvalue weighted by Gasteiger charge is -2.33. The van der Waals surface area contributed by atoms with E-state index in [4.69, 9.17) is 11.6 Å². The van der Waals surface area contributed by atoms with Crippen molar-refractivity contribution in [2.24, 2.45) is 0 Å². The van der Waals surface area contributed by atoms with Gasteiger partial charge in [0.15, 0.2) is 5.82 Å². The number of nitrogens with one attached hydrogen (secondary N) is 2. The topological polar surface area (TPSA) is 71.8 Å². The Bertz CT molecular complexity index is 1310. The van der Waals surface area contributed by atoms with E-state index in [0.29, 0.717) is 16.0 Å². The fourth-order valence-corrected chi connectivity index (χ4v) is 5.05. The Labute approximate surface area is 201 Å².